The summed E-state index contributed by atoms with van der Waals surface area (Å²) in [5, 5.41) is 0. The van der Waals surface area contributed by atoms with E-state index in [1.807, 2.05) is 0 Å². The maximum absolute atomic E-state index is 11.7. The van der Waals surface area contributed by atoms with Gasteiger partial charge in [-0.3, -0.25) is 14.4 Å². The molecule has 0 aromatic carbocycles. The monoisotopic (exact) mass is 272 g/mol. The Balaban J connectivity index is 2.50. The molecule has 1 aliphatic rings. The summed E-state index contributed by atoms with van der Waals surface area (Å²) in [7, 11) is 0. The third-order valence-corrected chi connectivity index (χ3v) is 2.89. The van der Waals surface area contributed by atoms with Gasteiger partial charge in [0, 0.05) is 6.42 Å². The van der Waals surface area contributed by atoms with Crippen LogP contribution in [0.3, 0.4) is 0 Å². The third kappa shape index (κ3) is 4.89. The Morgan fingerprint density at radius 2 is 1.84 bits per heavy atom. The van der Waals surface area contributed by atoms with Crippen LogP contribution in [-0.2, 0) is 28.6 Å². The van der Waals surface area contributed by atoms with Crippen LogP contribution in [0.1, 0.15) is 39.5 Å². The molecule has 1 aliphatic heterocycles. The molecule has 6 heteroatoms. The van der Waals surface area contributed by atoms with Gasteiger partial charge < -0.3 is 14.2 Å². The van der Waals surface area contributed by atoms with Gasteiger partial charge >= 0.3 is 17.9 Å². The van der Waals surface area contributed by atoms with E-state index in [0.29, 0.717) is 19.3 Å². The first-order valence-corrected chi connectivity index (χ1v) is 6.61. The Bertz CT molecular complexity index is 320. The minimum atomic E-state index is -0.931. The average Bonchev–Trinajstić information content (AvgIpc) is 2.76. The highest BCUT2D eigenvalue weighted by Crippen LogP contribution is 2.22. The maximum atomic E-state index is 11.7. The molecule has 0 unspecified atom stereocenters. The molecule has 0 radical (unpaired) electrons. The van der Waals surface area contributed by atoms with Crippen molar-refractivity contribution < 1.29 is 28.6 Å². The molecule has 0 N–H and O–H groups in total. The molecule has 1 saturated heterocycles. The van der Waals surface area contributed by atoms with Crippen molar-refractivity contribution >= 4 is 17.9 Å². The van der Waals surface area contributed by atoms with Gasteiger partial charge in [0.1, 0.15) is 6.10 Å². The lowest BCUT2D eigenvalue weighted by Gasteiger charge is -2.16. The lowest BCUT2D eigenvalue weighted by molar-refractivity contribution is -0.162. The van der Waals surface area contributed by atoms with Gasteiger partial charge in [-0.05, 0) is 33.1 Å². The van der Waals surface area contributed by atoms with E-state index >= 15 is 0 Å². The van der Waals surface area contributed by atoms with Crippen molar-refractivity contribution in [2.75, 3.05) is 13.2 Å². The highest BCUT2D eigenvalue weighted by molar-refractivity contribution is 5.94. The average molecular weight is 272 g/mol. The van der Waals surface area contributed by atoms with Gasteiger partial charge in [-0.1, -0.05) is 0 Å². The number of carbonyl (C=O) groups excluding carboxylic acids is 3. The number of cyclic esters (lactones) is 1. The van der Waals surface area contributed by atoms with Crippen molar-refractivity contribution in [2.45, 2.75) is 45.6 Å². The number of esters is 3. The smallest absolute Gasteiger partial charge is 0.320 e. The molecule has 1 heterocycles. The Morgan fingerprint density at radius 3 is 2.26 bits per heavy atom. The summed E-state index contributed by atoms with van der Waals surface area (Å²) in [6, 6.07) is 0. The molecule has 0 aromatic rings. The van der Waals surface area contributed by atoms with Crippen molar-refractivity contribution in [3.8, 4) is 0 Å². The number of rotatable bonds is 7. The molecule has 19 heavy (non-hydrogen) atoms. The molecule has 0 aromatic heterocycles. The van der Waals surface area contributed by atoms with Gasteiger partial charge in [0.15, 0.2) is 5.92 Å². The fourth-order valence-electron chi connectivity index (χ4n) is 1.96. The Hall–Kier alpha value is -1.59. The van der Waals surface area contributed by atoms with E-state index < -0.39 is 17.9 Å². The second-order valence-electron chi connectivity index (χ2n) is 4.28. The van der Waals surface area contributed by atoms with Crippen LogP contribution in [0.5, 0.6) is 0 Å². The van der Waals surface area contributed by atoms with Crippen LogP contribution in [0, 0.1) is 5.92 Å². The molecule has 0 bridgehead atoms. The Kier molecular flexibility index (Phi) is 6.32. The molecule has 1 rings (SSSR count). The first kappa shape index (κ1) is 15.5. The van der Waals surface area contributed by atoms with Crippen molar-refractivity contribution in [2.24, 2.45) is 5.92 Å². The van der Waals surface area contributed by atoms with Gasteiger partial charge in [-0.15, -0.1) is 0 Å². The summed E-state index contributed by atoms with van der Waals surface area (Å²) >= 11 is 0. The predicted molar refractivity (Wildman–Crippen MR) is 65.1 cm³/mol. The lowest BCUT2D eigenvalue weighted by atomic mass is 10.00. The second-order valence-corrected chi connectivity index (χ2v) is 4.28. The number of hydrogen-bond donors (Lipinski definition) is 0. The highest BCUT2D eigenvalue weighted by Gasteiger charge is 2.32. The number of ether oxygens (including phenoxy) is 3. The van der Waals surface area contributed by atoms with Crippen LogP contribution in [-0.4, -0.2) is 37.2 Å². The molecule has 0 saturated carbocycles. The standard InChI is InChI=1S/C13H20O6/c1-3-17-12(15)10(13(16)18-4-2)7-5-9-6-8-11(14)19-9/h9-10H,3-8H2,1-2H3/t9-/m1/s1. The van der Waals surface area contributed by atoms with Crippen LogP contribution < -0.4 is 0 Å². The van der Waals surface area contributed by atoms with Crippen LogP contribution >= 0.6 is 0 Å². The molecule has 1 fully saturated rings. The summed E-state index contributed by atoms with van der Waals surface area (Å²) in [6.45, 7) is 3.79. The van der Waals surface area contributed by atoms with Crippen LogP contribution in [0.25, 0.3) is 0 Å². The largest absolute Gasteiger partial charge is 0.465 e. The van der Waals surface area contributed by atoms with Gasteiger partial charge in [0.05, 0.1) is 13.2 Å². The first-order chi connectivity index (χ1) is 9.08. The van der Waals surface area contributed by atoms with Crippen LogP contribution in [0.2, 0.25) is 0 Å². The van der Waals surface area contributed by atoms with Crippen molar-refractivity contribution in [3.05, 3.63) is 0 Å². The maximum Gasteiger partial charge on any atom is 0.320 e. The molecule has 0 aliphatic carbocycles. The first-order valence-electron chi connectivity index (χ1n) is 6.61. The van der Waals surface area contributed by atoms with Crippen LogP contribution in [0.4, 0.5) is 0 Å². The SMILES string of the molecule is CCOC(=O)C(CC[C@@H]1CCC(=O)O1)C(=O)OCC. The lowest BCUT2D eigenvalue weighted by Crippen LogP contribution is -2.29. The van der Waals surface area contributed by atoms with Crippen molar-refractivity contribution in [1.82, 2.24) is 0 Å². The van der Waals surface area contributed by atoms with E-state index in [1.54, 1.807) is 13.8 Å². The van der Waals surface area contributed by atoms with E-state index in [1.165, 1.54) is 0 Å². The van der Waals surface area contributed by atoms with Gasteiger partial charge in [-0.2, -0.15) is 0 Å². The van der Waals surface area contributed by atoms with E-state index in [4.69, 9.17) is 14.2 Å². The summed E-state index contributed by atoms with van der Waals surface area (Å²) < 4.78 is 14.8. The molecular weight excluding hydrogens is 252 g/mol. The zero-order valence-corrected chi connectivity index (χ0v) is 11.3. The summed E-state index contributed by atoms with van der Waals surface area (Å²) in [5.41, 5.74) is 0. The number of carbonyl (C=O) groups is 3. The van der Waals surface area contributed by atoms with Gasteiger partial charge in [0.2, 0.25) is 0 Å². The minimum Gasteiger partial charge on any atom is -0.465 e. The van der Waals surface area contributed by atoms with E-state index in [9.17, 15) is 14.4 Å². The predicted octanol–water partition coefficient (Wildman–Crippen LogP) is 1.21. The van der Waals surface area contributed by atoms with E-state index in [2.05, 4.69) is 0 Å². The molecule has 1 atom stereocenters. The summed E-state index contributed by atoms with van der Waals surface area (Å²) in [5.74, 6) is -2.32. The molecule has 108 valence electrons. The molecule has 0 spiro atoms. The fraction of sp³-hybridized carbons (Fsp3) is 0.769. The highest BCUT2D eigenvalue weighted by atomic mass is 16.6. The van der Waals surface area contributed by atoms with Gasteiger partial charge in [-0.25, -0.2) is 0 Å². The summed E-state index contributed by atoms with van der Waals surface area (Å²) in [4.78, 5) is 34.4. The molecule has 0 amide bonds. The molecule has 6 nitrogen and oxygen atoms in total. The van der Waals surface area contributed by atoms with Crippen LogP contribution in [0.15, 0.2) is 0 Å². The molecular formula is C13H20O6. The summed E-state index contributed by atoms with van der Waals surface area (Å²) in [6.07, 6.45) is 1.56. The van der Waals surface area contributed by atoms with E-state index in [0.717, 1.165) is 0 Å². The zero-order valence-electron chi connectivity index (χ0n) is 11.3. The topological polar surface area (TPSA) is 78.9 Å². The Morgan fingerprint density at radius 1 is 1.26 bits per heavy atom. The van der Waals surface area contributed by atoms with Gasteiger partial charge in [0.25, 0.3) is 0 Å². The minimum absolute atomic E-state index is 0.209. The fourth-order valence-corrected chi connectivity index (χ4v) is 1.96. The number of hydrogen-bond acceptors (Lipinski definition) is 6. The van der Waals surface area contributed by atoms with E-state index in [-0.39, 0.29) is 31.7 Å². The third-order valence-electron chi connectivity index (χ3n) is 2.89. The second kappa shape index (κ2) is 7.76. The normalized spacial score (nSPS) is 18.3. The zero-order chi connectivity index (χ0) is 14.3. The quantitative estimate of drug-likeness (QED) is 0.394. The Labute approximate surface area is 112 Å². The van der Waals surface area contributed by atoms with Crippen molar-refractivity contribution in [3.63, 3.8) is 0 Å². The van der Waals surface area contributed by atoms with Crippen molar-refractivity contribution in [1.29, 1.82) is 0 Å².